The summed E-state index contributed by atoms with van der Waals surface area (Å²) in [5.74, 6) is -0.373. The second-order valence-corrected chi connectivity index (χ2v) is 7.07. The number of hydrogen-bond donors (Lipinski definition) is 2. The fraction of sp³-hybridized carbons (Fsp3) is 0.900. The van der Waals surface area contributed by atoms with Crippen LogP contribution in [0.5, 0.6) is 0 Å². The van der Waals surface area contributed by atoms with Crippen LogP contribution >= 0.6 is 0 Å². The molecule has 16 heavy (non-hydrogen) atoms. The van der Waals surface area contributed by atoms with Crippen molar-refractivity contribution in [2.24, 2.45) is 5.41 Å². The van der Waals surface area contributed by atoms with Crippen molar-refractivity contribution in [2.75, 3.05) is 13.1 Å². The van der Waals surface area contributed by atoms with Gasteiger partial charge in [0, 0.05) is 5.41 Å². The van der Waals surface area contributed by atoms with Crippen LogP contribution in [0, 0.1) is 5.41 Å². The Hall–Kier alpha value is -0.620. The van der Waals surface area contributed by atoms with E-state index in [0.717, 1.165) is 13.1 Å². The van der Waals surface area contributed by atoms with E-state index in [1.165, 1.54) is 0 Å². The Balaban J connectivity index is 2.72. The van der Waals surface area contributed by atoms with Crippen molar-refractivity contribution in [2.45, 2.75) is 38.9 Å². The fourth-order valence-electron chi connectivity index (χ4n) is 1.58. The summed E-state index contributed by atoms with van der Waals surface area (Å²) in [7, 11) is -3.50. The zero-order valence-corrected chi connectivity index (χ0v) is 10.9. The highest BCUT2D eigenvalue weighted by molar-refractivity contribution is 7.90. The lowest BCUT2D eigenvalue weighted by Gasteiger charge is -2.32. The zero-order valence-electron chi connectivity index (χ0n) is 10.0. The van der Waals surface area contributed by atoms with Crippen molar-refractivity contribution in [3.63, 3.8) is 0 Å². The van der Waals surface area contributed by atoms with Gasteiger partial charge in [-0.1, -0.05) is 6.92 Å². The predicted octanol–water partition coefficient (Wildman–Crippen LogP) is 0.231. The molecule has 1 aliphatic rings. The molecule has 2 N–H and O–H groups in total. The molecule has 0 spiro atoms. The topological polar surface area (TPSA) is 75.3 Å². The molecule has 0 aromatic heterocycles. The number of carbonyl (C=O) groups is 1. The molecule has 0 aromatic rings. The van der Waals surface area contributed by atoms with Crippen LogP contribution in [0.25, 0.3) is 0 Å². The van der Waals surface area contributed by atoms with Gasteiger partial charge in [0.1, 0.15) is 0 Å². The summed E-state index contributed by atoms with van der Waals surface area (Å²) in [5.41, 5.74) is -0.562. The molecule has 0 saturated carbocycles. The van der Waals surface area contributed by atoms with Crippen LogP contribution in [0.4, 0.5) is 0 Å². The third kappa shape index (κ3) is 2.95. The first kappa shape index (κ1) is 13.4. The summed E-state index contributed by atoms with van der Waals surface area (Å²) >= 11 is 0. The van der Waals surface area contributed by atoms with Crippen LogP contribution in [0.2, 0.25) is 0 Å². The van der Waals surface area contributed by atoms with Crippen LogP contribution in [0.3, 0.4) is 0 Å². The van der Waals surface area contributed by atoms with Crippen molar-refractivity contribution in [1.82, 2.24) is 10.0 Å². The van der Waals surface area contributed by atoms with E-state index < -0.39 is 20.7 Å². The van der Waals surface area contributed by atoms with Gasteiger partial charge in [0.15, 0.2) is 0 Å². The maximum Gasteiger partial charge on any atom is 0.239 e. The second-order valence-electron chi connectivity index (χ2n) is 4.84. The van der Waals surface area contributed by atoms with Gasteiger partial charge >= 0.3 is 0 Å². The molecule has 0 atom stereocenters. The summed E-state index contributed by atoms with van der Waals surface area (Å²) in [5, 5.41) is 2.57. The number of rotatable bonds is 3. The molecular formula is C10H20N2O3S. The standard InChI is InChI=1S/C10H20N2O3S/c1-8(2)16(14,15)12-9(13)10(3)4-6-11-7-5-10/h8,11H,4-7H2,1-3H3,(H,12,13). The van der Waals surface area contributed by atoms with E-state index in [-0.39, 0.29) is 5.91 Å². The van der Waals surface area contributed by atoms with E-state index in [4.69, 9.17) is 0 Å². The van der Waals surface area contributed by atoms with Crippen LogP contribution < -0.4 is 10.0 Å². The zero-order chi connectivity index (χ0) is 12.4. The SMILES string of the molecule is CC(C)S(=O)(=O)NC(=O)C1(C)CCNCC1. The Morgan fingerprint density at radius 2 is 1.81 bits per heavy atom. The minimum absolute atomic E-state index is 0.373. The third-order valence-electron chi connectivity index (χ3n) is 3.11. The average Bonchev–Trinajstić information content (AvgIpc) is 2.18. The van der Waals surface area contributed by atoms with Gasteiger partial charge in [0.25, 0.3) is 0 Å². The molecule has 0 radical (unpaired) electrons. The van der Waals surface area contributed by atoms with Crippen LogP contribution in [0.15, 0.2) is 0 Å². The number of amides is 1. The summed E-state index contributed by atoms with van der Waals surface area (Å²) in [4.78, 5) is 11.9. The minimum Gasteiger partial charge on any atom is -0.317 e. The molecule has 1 rings (SSSR count). The molecule has 6 heteroatoms. The Morgan fingerprint density at radius 1 is 1.31 bits per heavy atom. The normalized spacial score (nSPS) is 20.8. The van der Waals surface area contributed by atoms with Crippen LogP contribution in [-0.2, 0) is 14.8 Å². The molecule has 0 aliphatic carbocycles. The lowest BCUT2D eigenvalue weighted by atomic mass is 9.80. The van der Waals surface area contributed by atoms with Gasteiger partial charge in [-0.25, -0.2) is 8.42 Å². The number of sulfonamides is 1. The van der Waals surface area contributed by atoms with Crippen molar-refractivity contribution >= 4 is 15.9 Å². The quantitative estimate of drug-likeness (QED) is 0.750. The Bertz CT molecular complexity index is 356. The van der Waals surface area contributed by atoms with Gasteiger partial charge < -0.3 is 5.32 Å². The predicted molar refractivity (Wildman–Crippen MR) is 62.4 cm³/mol. The summed E-state index contributed by atoms with van der Waals surface area (Å²) in [6.45, 7) is 6.44. The first-order valence-corrected chi connectivity index (χ1v) is 7.09. The van der Waals surface area contributed by atoms with Gasteiger partial charge in [-0.3, -0.25) is 9.52 Å². The summed E-state index contributed by atoms with van der Waals surface area (Å²) < 4.78 is 25.3. The molecule has 1 saturated heterocycles. The number of hydrogen-bond acceptors (Lipinski definition) is 4. The van der Waals surface area contributed by atoms with Gasteiger partial charge in [0.2, 0.25) is 15.9 Å². The van der Waals surface area contributed by atoms with E-state index in [1.807, 2.05) is 6.92 Å². The second kappa shape index (κ2) is 4.71. The molecule has 1 fully saturated rings. The van der Waals surface area contributed by atoms with E-state index in [0.29, 0.717) is 12.8 Å². The molecular weight excluding hydrogens is 228 g/mol. The van der Waals surface area contributed by atoms with E-state index in [1.54, 1.807) is 13.8 Å². The highest BCUT2D eigenvalue weighted by Gasteiger charge is 2.37. The molecule has 0 bridgehead atoms. The Labute approximate surface area is 97.0 Å². The maximum absolute atomic E-state index is 11.9. The molecule has 5 nitrogen and oxygen atoms in total. The van der Waals surface area contributed by atoms with Gasteiger partial charge in [0.05, 0.1) is 5.25 Å². The molecule has 0 aromatic carbocycles. The van der Waals surface area contributed by atoms with E-state index in [9.17, 15) is 13.2 Å². The van der Waals surface area contributed by atoms with E-state index in [2.05, 4.69) is 10.0 Å². The summed E-state index contributed by atoms with van der Waals surface area (Å²) in [6, 6.07) is 0. The average molecular weight is 248 g/mol. The van der Waals surface area contributed by atoms with Crippen molar-refractivity contribution < 1.29 is 13.2 Å². The van der Waals surface area contributed by atoms with Gasteiger partial charge in [-0.15, -0.1) is 0 Å². The van der Waals surface area contributed by atoms with E-state index >= 15 is 0 Å². The minimum atomic E-state index is -3.50. The molecule has 1 amide bonds. The number of nitrogens with one attached hydrogen (secondary N) is 2. The lowest BCUT2D eigenvalue weighted by molar-refractivity contribution is -0.129. The third-order valence-corrected chi connectivity index (χ3v) is 4.82. The first-order valence-electron chi connectivity index (χ1n) is 5.55. The number of piperidine rings is 1. The lowest BCUT2D eigenvalue weighted by Crippen LogP contribution is -2.48. The molecule has 1 heterocycles. The van der Waals surface area contributed by atoms with Crippen molar-refractivity contribution in [1.29, 1.82) is 0 Å². The van der Waals surface area contributed by atoms with Crippen LogP contribution in [-0.4, -0.2) is 32.7 Å². The molecule has 1 aliphatic heterocycles. The summed E-state index contributed by atoms with van der Waals surface area (Å²) in [6.07, 6.45) is 1.35. The van der Waals surface area contributed by atoms with Crippen LogP contribution in [0.1, 0.15) is 33.6 Å². The van der Waals surface area contributed by atoms with Gasteiger partial charge in [-0.2, -0.15) is 0 Å². The smallest absolute Gasteiger partial charge is 0.239 e. The monoisotopic (exact) mass is 248 g/mol. The van der Waals surface area contributed by atoms with Crippen molar-refractivity contribution in [3.05, 3.63) is 0 Å². The first-order chi connectivity index (χ1) is 7.28. The highest BCUT2D eigenvalue weighted by atomic mass is 32.2. The maximum atomic E-state index is 11.9. The Morgan fingerprint density at radius 3 is 2.25 bits per heavy atom. The Kier molecular flexibility index (Phi) is 3.96. The number of carbonyl (C=O) groups excluding carboxylic acids is 1. The van der Waals surface area contributed by atoms with Crippen molar-refractivity contribution in [3.8, 4) is 0 Å². The largest absolute Gasteiger partial charge is 0.317 e. The highest BCUT2D eigenvalue weighted by Crippen LogP contribution is 2.28. The molecule has 0 unspecified atom stereocenters. The fourth-order valence-corrected chi connectivity index (χ4v) is 2.32. The van der Waals surface area contributed by atoms with Gasteiger partial charge in [-0.05, 0) is 39.8 Å². The molecule has 94 valence electrons.